The molecule has 0 aliphatic heterocycles. The summed E-state index contributed by atoms with van der Waals surface area (Å²) in [5.41, 5.74) is 1.90. The van der Waals surface area contributed by atoms with Gasteiger partial charge in [0.05, 0.1) is 4.90 Å². The topological polar surface area (TPSA) is 64.8 Å². The molecular weight excluding hydrogens is 444 g/mol. The smallest absolute Gasteiger partial charge is 0.252 e. The van der Waals surface area contributed by atoms with Gasteiger partial charge in [0.1, 0.15) is 16.2 Å². The molecule has 2 heterocycles. The molecule has 0 bridgehead atoms. The summed E-state index contributed by atoms with van der Waals surface area (Å²) in [7, 11) is -4.42. The molecule has 0 spiro atoms. The van der Waals surface area contributed by atoms with Crippen LogP contribution in [0.5, 0.6) is 0 Å². The highest BCUT2D eigenvalue weighted by atomic mass is 32.2. The van der Waals surface area contributed by atoms with Gasteiger partial charge in [-0.25, -0.2) is 17.8 Å². The number of imidazole rings is 1. The first-order valence-electron chi connectivity index (χ1n) is 10.1. The number of aromatic nitrogens is 3. The van der Waals surface area contributed by atoms with E-state index in [1.807, 2.05) is 25.1 Å². The Hall–Kier alpha value is -3.91. The van der Waals surface area contributed by atoms with E-state index < -0.39 is 26.5 Å². The SMILES string of the molecule is Cc1ccc(-n2c(-c3ccccc3)nc3c(S(=O)(=O)c4ccccc4)c(F)c(F)nc32)cc1. The molecule has 5 nitrogen and oxygen atoms in total. The highest BCUT2D eigenvalue weighted by Gasteiger charge is 2.32. The molecule has 5 aromatic rings. The number of hydrogen-bond donors (Lipinski definition) is 0. The number of halogens is 2. The third-order valence-corrected chi connectivity index (χ3v) is 7.10. The number of nitrogens with zero attached hydrogens (tertiary/aromatic N) is 3. The van der Waals surface area contributed by atoms with E-state index in [-0.39, 0.29) is 16.1 Å². The van der Waals surface area contributed by atoms with E-state index in [2.05, 4.69) is 9.97 Å². The van der Waals surface area contributed by atoms with Crippen LogP contribution in [0.1, 0.15) is 5.56 Å². The first-order valence-corrected chi connectivity index (χ1v) is 11.6. The van der Waals surface area contributed by atoms with Crippen LogP contribution in [0.4, 0.5) is 8.78 Å². The molecule has 3 aromatic carbocycles. The van der Waals surface area contributed by atoms with Gasteiger partial charge < -0.3 is 0 Å². The predicted molar refractivity (Wildman–Crippen MR) is 121 cm³/mol. The van der Waals surface area contributed by atoms with Crippen LogP contribution in [0.2, 0.25) is 0 Å². The number of pyridine rings is 1. The van der Waals surface area contributed by atoms with Crippen molar-refractivity contribution in [1.29, 1.82) is 0 Å². The average Bonchev–Trinajstić information content (AvgIpc) is 3.19. The minimum absolute atomic E-state index is 0.0916. The molecule has 0 saturated heterocycles. The van der Waals surface area contributed by atoms with Gasteiger partial charge in [-0.15, -0.1) is 0 Å². The van der Waals surface area contributed by atoms with Gasteiger partial charge in [-0.05, 0) is 31.2 Å². The lowest BCUT2D eigenvalue weighted by atomic mass is 10.2. The highest BCUT2D eigenvalue weighted by Crippen LogP contribution is 2.35. The molecule has 0 unspecified atom stereocenters. The van der Waals surface area contributed by atoms with Gasteiger partial charge in [-0.2, -0.15) is 9.37 Å². The van der Waals surface area contributed by atoms with Crippen molar-refractivity contribution in [3.63, 3.8) is 0 Å². The number of aryl methyl sites for hydroxylation is 1. The Morgan fingerprint density at radius 3 is 2.03 bits per heavy atom. The van der Waals surface area contributed by atoms with Gasteiger partial charge in [0.2, 0.25) is 9.84 Å². The molecule has 0 radical (unpaired) electrons. The number of benzene rings is 3. The predicted octanol–water partition coefficient (Wildman–Crippen LogP) is 5.51. The van der Waals surface area contributed by atoms with E-state index in [1.165, 1.54) is 28.8 Å². The standard InChI is InChI=1S/C25H17F2N3O2S/c1-16-12-14-18(15-13-16)30-24(17-8-4-2-5-9-17)28-21-22(20(26)23(27)29-25(21)30)33(31,32)19-10-6-3-7-11-19/h2-15H,1H3. The minimum atomic E-state index is -4.42. The molecule has 164 valence electrons. The molecule has 0 amide bonds. The normalized spacial score (nSPS) is 11.7. The van der Waals surface area contributed by atoms with Crippen LogP contribution in [0.15, 0.2) is 94.7 Å². The van der Waals surface area contributed by atoms with Gasteiger partial charge in [0.15, 0.2) is 11.5 Å². The lowest BCUT2D eigenvalue weighted by Gasteiger charge is -2.10. The van der Waals surface area contributed by atoms with Crippen molar-refractivity contribution in [2.24, 2.45) is 0 Å². The largest absolute Gasteiger partial charge is 0.277 e. The van der Waals surface area contributed by atoms with Crippen LogP contribution in [-0.2, 0) is 9.84 Å². The monoisotopic (exact) mass is 461 g/mol. The van der Waals surface area contributed by atoms with Crippen molar-refractivity contribution in [3.05, 3.63) is 102 Å². The highest BCUT2D eigenvalue weighted by molar-refractivity contribution is 7.91. The molecule has 33 heavy (non-hydrogen) atoms. The molecule has 0 atom stereocenters. The zero-order valence-corrected chi connectivity index (χ0v) is 18.2. The summed E-state index contributed by atoms with van der Waals surface area (Å²) in [4.78, 5) is 7.27. The second kappa shape index (κ2) is 7.90. The Morgan fingerprint density at radius 2 is 1.39 bits per heavy atom. The second-order valence-electron chi connectivity index (χ2n) is 7.51. The zero-order chi connectivity index (χ0) is 23.2. The number of sulfone groups is 1. The molecule has 0 N–H and O–H groups in total. The Labute approximate surface area is 188 Å². The Morgan fingerprint density at radius 1 is 0.788 bits per heavy atom. The lowest BCUT2D eigenvalue weighted by Crippen LogP contribution is -2.09. The summed E-state index contributed by atoms with van der Waals surface area (Å²) >= 11 is 0. The minimum Gasteiger partial charge on any atom is -0.277 e. The number of fused-ring (bicyclic) bond motifs is 1. The molecule has 0 aliphatic rings. The van der Waals surface area contributed by atoms with Gasteiger partial charge in [0.25, 0.3) is 5.95 Å². The second-order valence-corrected chi connectivity index (χ2v) is 9.39. The van der Waals surface area contributed by atoms with Gasteiger partial charge in [-0.3, -0.25) is 4.57 Å². The maximum absolute atomic E-state index is 15.0. The van der Waals surface area contributed by atoms with E-state index in [4.69, 9.17) is 0 Å². The van der Waals surface area contributed by atoms with E-state index in [9.17, 15) is 12.8 Å². The maximum atomic E-state index is 15.0. The van der Waals surface area contributed by atoms with Crippen LogP contribution in [0.25, 0.3) is 28.2 Å². The fourth-order valence-electron chi connectivity index (χ4n) is 3.69. The quantitative estimate of drug-likeness (QED) is 0.331. The van der Waals surface area contributed by atoms with Crippen molar-refractivity contribution in [1.82, 2.24) is 14.5 Å². The van der Waals surface area contributed by atoms with E-state index in [1.54, 1.807) is 42.5 Å². The van der Waals surface area contributed by atoms with Crippen molar-refractivity contribution in [2.75, 3.05) is 0 Å². The fourth-order valence-corrected chi connectivity index (χ4v) is 5.15. The third-order valence-electron chi connectivity index (χ3n) is 5.30. The van der Waals surface area contributed by atoms with Crippen molar-refractivity contribution >= 4 is 21.0 Å². The molecule has 5 rings (SSSR count). The van der Waals surface area contributed by atoms with Crippen LogP contribution in [0.3, 0.4) is 0 Å². The van der Waals surface area contributed by atoms with E-state index >= 15 is 4.39 Å². The van der Waals surface area contributed by atoms with E-state index in [0.717, 1.165) is 5.56 Å². The average molecular weight is 461 g/mol. The molecule has 2 aromatic heterocycles. The first kappa shape index (κ1) is 21.0. The number of rotatable bonds is 4. The number of hydrogen-bond acceptors (Lipinski definition) is 4. The maximum Gasteiger partial charge on any atom is 0.252 e. The summed E-state index contributed by atoms with van der Waals surface area (Å²) in [6, 6.07) is 23.6. The summed E-state index contributed by atoms with van der Waals surface area (Å²) < 4.78 is 58.1. The fraction of sp³-hybridized carbons (Fsp3) is 0.0400. The summed E-state index contributed by atoms with van der Waals surface area (Å²) in [6.45, 7) is 1.92. The third kappa shape index (κ3) is 3.48. The van der Waals surface area contributed by atoms with Gasteiger partial charge >= 0.3 is 0 Å². The summed E-state index contributed by atoms with van der Waals surface area (Å²) in [5, 5.41) is 0. The summed E-state index contributed by atoms with van der Waals surface area (Å²) in [6.07, 6.45) is 0. The van der Waals surface area contributed by atoms with E-state index in [0.29, 0.717) is 17.1 Å². The molecule has 0 fully saturated rings. The molecule has 8 heteroatoms. The van der Waals surface area contributed by atoms with Crippen LogP contribution >= 0.6 is 0 Å². The molecule has 0 aliphatic carbocycles. The van der Waals surface area contributed by atoms with Crippen molar-refractivity contribution < 1.29 is 17.2 Å². The van der Waals surface area contributed by atoms with Crippen LogP contribution in [0, 0.1) is 18.7 Å². The molecular formula is C25H17F2N3O2S. The Kier molecular flexibility index (Phi) is 5.02. The lowest BCUT2D eigenvalue weighted by molar-refractivity contribution is 0.463. The van der Waals surface area contributed by atoms with Crippen molar-refractivity contribution in [2.45, 2.75) is 16.7 Å². The van der Waals surface area contributed by atoms with Gasteiger partial charge in [0, 0.05) is 11.3 Å². The Balaban J connectivity index is 1.92. The summed E-state index contributed by atoms with van der Waals surface area (Å²) in [5.74, 6) is -2.75. The molecule has 0 saturated carbocycles. The van der Waals surface area contributed by atoms with Crippen LogP contribution < -0.4 is 0 Å². The van der Waals surface area contributed by atoms with Crippen molar-refractivity contribution in [3.8, 4) is 17.1 Å². The van der Waals surface area contributed by atoms with Gasteiger partial charge in [-0.1, -0.05) is 66.2 Å². The first-order chi connectivity index (χ1) is 15.9. The Bertz CT molecular complexity index is 1580. The van der Waals surface area contributed by atoms with Crippen LogP contribution in [-0.4, -0.2) is 23.0 Å². The zero-order valence-electron chi connectivity index (χ0n) is 17.4.